The van der Waals surface area contributed by atoms with Crippen LogP contribution in [0.25, 0.3) is 0 Å². The summed E-state index contributed by atoms with van der Waals surface area (Å²) in [6.07, 6.45) is 0. The highest BCUT2D eigenvalue weighted by molar-refractivity contribution is 6.62. The van der Waals surface area contributed by atoms with Crippen LogP contribution in [0.3, 0.4) is 0 Å². The van der Waals surface area contributed by atoms with Crippen LogP contribution < -0.4 is 15.9 Å². The number of hydrogen-bond acceptors (Lipinski definition) is 6. The predicted octanol–water partition coefficient (Wildman–Crippen LogP) is -0.604. The van der Waals surface area contributed by atoms with E-state index in [2.05, 4.69) is 0 Å². The van der Waals surface area contributed by atoms with Crippen molar-refractivity contribution in [3.05, 3.63) is 23.3 Å². The van der Waals surface area contributed by atoms with Crippen molar-refractivity contribution in [2.75, 3.05) is 6.61 Å². The van der Waals surface area contributed by atoms with Gasteiger partial charge in [-0.2, -0.15) is 10.5 Å². The molecule has 1 heterocycles. The Bertz CT molecular complexity index is 589. The number of fused-ring (bicyclic) bond motifs is 1. The standard InChI is InChI=1S/C12H12BN3O3/c1-12(16,6-15)7-18-10-3-2-8-5-19-13(17)11(8)9(10)4-14/h2-3,17H,5,7,16H2,1H3/t12-/m1/s1. The Hall–Kier alpha value is -2.06. The number of benzene rings is 1. The van der Waals surface area contributed by atoms with Gasteiger partial charge >= 0.3 is 7.12 Å². The molecule has 1 atom stereocenters. The van der Waals surface area contributed by atoms with E-state index in [9.17, 15) is 10.3 Å². The van der Waals surface area contributed by atoms with Gasteiger partial charge in [-0.1, -0.05) is 6.07 Å². The molecule has 19 heavy (non-hydrogen) atoms. The average molecular weight is 257 g/mol. The number of rotatable bonds is 3. The van der Waals surface area contributed by atoms with Crippen LogP contribution in [0.1, 0.15) is 18.1 Å². The normalized spacial score (nSPS) is 16.2. The highest BCUT2D eigenvalue weighted by Crippen LogP contribution is 2.22. The van der Waals surface area contributed by atoms with Crippen LogP contribution in [0, 0.1) is 22.7 Å². The first kappa shape index (κ1) is 13.4. The van der Waals surface area contributed by atoms with Crippen LogP contribution in [0.5, 0.6) is 5.75 Å². The van der Waals surface area contributed by atoms with Gasteiger partial charge in [-0.15, -0.1) is 0 Å². The summed E-state index contributed by atoms with van der Waals surface area (Å²) in [6, 6.07) is 7.24. The van der Waals surface area contributed by atoms with Gasteiger partial charge in [-0.25, -0.2) is 0 Å². The van der Waals surface area contributed by atoms with E-state index in [0.717, 1.165) is 5.56 Å². The van der Waals surface area contributed by atoms with Crippen LogP contribution >= 0.6 is 0 Å². The van der Waals surface area contributed by atoms with Crippen LogP contribution in [-0.2, 0) is 11.3 Å². The van der Waals surface area contributed by atoms with Crippen LogP contribution in [0.2, 0.25) is 0 Å². The lowest BCUT2D eigenvalue weighted by molar-refractivity contribution is 0.264. The minimum Gasteiger partial charge on any atom is -0.489 e. The SMILES string of the molecule is C[C@@](N)(C#N)COc1ccc2c(c1C#N)B(O)OC2. The fraction of sp³-hybridized carbons (Fsp3) is 0.333. The van der Waals surface area contributed by atoms with Gasteiger partial charge in [0.15, 0.2) is 0 Å². The summed E-state index contributed by atoms with van der Waals surface area (Å²) >= 11 is 0. The Morgan fingerprint density at radius 2 is 2.32 bits per heavy atom. The summed E-state index contributed by atoms with van der Waals surface area (Å²) in [4.78, 5) is 0. The van der Waals surface area contributed by atoms with Gasteiger partial charge in [0.05, 0.1) is 18.2 Å². The molecule has 7 heteroatoms. The predicted molar refractivity (Wildman–Crippen MR) is 67.3 cm³/mol. The maximum Gasteiger partial charge on any atom is 0.493 e. The highest BCUT2D eigenvalue weighted by Gasteiger charge is 2.32. The maximum atomic E-state index is 9.69. The Labute approximate surface area is 111 Å². The molecule has 0 radical (unpaired) electrons. The fourth-order valence-corrected chi connectivity index (χ4v) is 1.80. The van der Waals surface area contributed by atoms with E-state index in [1.165, 1.54) is 6.92 Å². The van der Waals surface area contributed by atoms with Gasteiger partial charge in [-0.3, -0.25) is 0 Å². The van der Waals surface area contributed by atoms with E-state index in [1.807, 2.05) is 12.1 Å². The topological polar surface area (TPSA) is 112 Å². The molecule has 0 unspecified atom stereocenters. The maximum absolute atomic E-state index is 9.69. The minimum absolute atomic E-state index is 0.0477. The highest BCUT2D eigenvalue weighted by atomic mass is 16.5. The summed E-state index contributed by atoms with van der Waals surface area (Å²) in [7, 11) is -1.12. The second-order valence-corrected chi connectivity index (χ2v) is 4.60. The quantitative estimate of drug-likeness (QED) is 0.699. The van der Waals surface area contributed by atoms with Crippen molar-refractivity contribution in [1.29, 1.82) is 10.5 Å². The Balaban J connectivity index is 2.31. The zero-order chi connectivity index (χ0) is 14.0. The van der Waals surface area contributed by atoms with Crippen molar-refractivity contribution in [2.24, 2.45) is 5.73 Å². The zero-order valence-electron chi connectivity index (χ0n) is 10.4. The summed E-state index contributed by atoms with van der Waals surface area (Å²) in [6.45, 7) is 1.75. The molecule has 1 aromatic rings. The van der Waals surface area contributed by atoms with Crippen molar-refractivity contribution < 1.29 is 14.4 Å². The van der Waals surface area contributed by atoms with E-state index in [-0.39, 0.29) is 24.5 Å². The average Bonchev–Trinajstić information content (AvgIpc) is 2.78. The lowest BCUT2D eigenvalue weighted by Crippen LogP contribution is -2.41. The van der Waals surface area contributed by atoms with Crippen LogP contribution in [0.15, 0.2) is 12.1 Å². The lowest BCUT2D eigenvalue weighted by Gasteiger charge is -2.17. The molecule has 0 bridgehead atoms. The van der Waals surface area contributed by atoms with E-state index in [0.29, 0.717) is 5.46 Å². The molecule has 0 fully saturated rings. The Morgan fingerprint density at radius 3 is 2.95 bits per heavy atom. The lowest BCUT2D eigenvalue weighted by atomic mass is 9.76. The molecule has 0 aromatic heterocycles. The Morgan fingerprint density at radius 1 is 1.58 bits per heavy atom. The number of nitrogens with zero attached hydrogens (tertiary/aromatic N) is 2. The van der Waals surface area contributed by atoms with Gasteiger partial charge in [-0.05, 0) is 18.6 Å². The molecule has 6 nitrogen and oxygen atoms in total. The fourth-order valence-electron chi connectivity index (χ4n) is 1.80. The number of hydrogen-bond donors (Lipinski definition) is 2. The molecule has 3 N–H and O–H groups in total. The van der Waals surface area contributed by atoms with E-state index in [4.69, 9.17) is 20.4 Å². The molecule has 0 saturated heterocycles. The van der Waals surface area contributed by atoms with Crippen molar-refractivity contribution in [1.82, 2.24) is 0 Å². The Kier molecular flexibility index (Phi) is 3.45. The smallest absolute Gasteiger partial charge is 0.489 e. The number of ether oxygens (including phenoxy) is 1. The summed E-state index contributed by atoms with van der Waals surface area (Å²) in [5.41, 5.74) is 5.92. The molecule has 1 aliphatic heterocycles. The number of nitrogens with two attached hydrogens (primary N) is 1. The van der Waals surface area contributed by atoms with Gasteiger partial charge in [0.2, 0.25) is 0 Å². The summed E-state index contributed by atoms with van der Waals surface area (Å²) in [5, 5.41) is 27.7. The van der Waals surface area contributed by atoms with Crippen LogP contribution in [-0.4, -0.2) is 24.3 Å². The first-order valence-electron chi connectivity index (χ1n) is 5.67. The van der Waals surface area contributed by atoms with Gasteiger partial charge < -0.3 is 20.1 Å². The molecule has 1 aliphatic rings. The first-order valence-corrected chi connectivity index (χ1v) is 5.67. The van der Waals surface area contributed by atoms with Crippen molar-refractivity contribution >= 4 is 12.6 Å². The third-order valence-electron chi connectivity index (χ3n) is 2.84. The van der Waals surface area contributed by atoms with Crippen molar-refractivity contribution in [2.45, 2.75) is 19.1 Å². The van der Waals surface area contributed by atoms with E-state index < -0.39 is 12.7 Å². The largest absolute Gasteiger partial charge is 0.493 e. The van der Waals surface area contributed by atoms with Crippen LogP contribution in [0.4, 0.5) is 0 Å². The molecule has 96 valence electrons. The molecule has 2 rings (SSSR count). The summed E-state index contributed by atoms with van der Waals surface area (Å²) in [5.74, 6) is 0.290. The number of nitriles is 2. The monoisotopic (exact) mass is 257 g/mol. The third kappa shape index (κ3) is 2.54. The van der Waals surface area contributed by atoms with Gasteiger partial charge in [0, 0.05) is 5.46 Å². The first-order chi connectivity index (χ1) is 8.98. The second-order valence-electron chi connectivity index (χ2n) is 4.60. The third-order valence-corrected chi connectivity index (χ3v) is 2.84. The minimum atomic E-state index is -1.14. The molecule has 0 amide bonds. The molecule has 0 saturated carbocycles. The molecule has 0 aliphatic carbocycles. The second kappa shape index (κ2) is 4.91. The van der Waals surface area contributed by atoms with Crippen molar-refractivity contribution in [3.8, 4) is 17.9 Å². The van der Waals surface area contributed by atoms with E-state index in [1.54, 1.807) is 12.1 Å². The molecule has 0 spiro atoms. The van der Waals surface area contributed by atoms with E-state index >= 15 is 0 Å². The van der Waals surface area contributed by atoms with Gasteiger partial charge in [0.25, 0.3) is 0 Å². The zero-order valence-corrected chi connectivity index (χ0v) is 10.4. The molecular weight excluding hydrogens is 245 g/mol. The molecule has 1 aromatic carbocycles. The summed E-state index contributed by atoms with van der Waals surface area (Å²) < 4.78 is 10.5. The van der Waals surface area contributed by atoms with Gasteiger partial charge in [0.1, 0.15) is 24.0 Å². The molecular formula is C12H12BN3O3. The van der Waals surface area contributed by atoms with Crippen molar-refractivity contribution in [3.63, 3.8) is 0 Å².